The highest BCUT2D eigenvalue weighted by atomic mass is 32.1. The summed E-state index contributed by atoms with van der Waals surface area (Å²) in [7, 11) is 3.10. The van der Waals surface area contributed by atoms with Gasteiger partial charge in [0.25, 0.3) is 11.1 Å². The lowest BCUT2D eigenvalue weighted by molar-refractivity contribution is -0.175. The average molecular weight is 458 g/mol. The first-order valence-corrected chi connectivity index (χ1v) is 10.8. The summed E-state index contributed by atoms with van der Waals surface area (Å²) in [5.41, 5.74) is 0.466. The molecule has 12 heteroatoms. The van der Waals surface area contributed by atoms with Crippen LogP contribution in [-0.2, 0) is 4.79 Å². The molecular formula is C20H19FN6O4S. The van der Waals surface area contributed by atoms with Crippen LogP contribution in [0.5, 0.6) is 16.7 Å². The van der Waals surface area contributed by atoms with Crippen LogP contribution in [0.2, 0.25) is 0 Å². The zero-order valence-electron chi connectivity index (χ0n) is 17.3. The molecule has 4 heterocycles. The number of hydrogen-bond donors (Lipinski definition) is 1. The number of rotatable bonds is 7. The number of hydrogen-bond acceptors (Lipinski definition) is 8. The first kappa shape index (κ1) is 19.3. The second kappa shape index (κ2) is 6.55. The summed E-state index contributed by atoms with van der Waals surface area (Å²) in [6, 6.07) is 3.52. The van der Waals surface area contributed by atoms with E-state index in [2.05, 4.69) is 20.5 Å². The Bertz CT molecular complexity index is 1330. The number of methoxy groups -OCH3 is 2. The fourth-order valence-electron chi connectivity index (χ4n) is 4.55. The SMILES string of the molecule is COc1cc(OCC(=O)NC23CC(F)(C2)C3)c2cc(-c3cn4nc(OC)sc4n3)nn2c1. The maximum atomic E-state index is 13.7. The van der Waals surface area contributed by atoms with E-state index < -0.39 is 5.67 Å². The quantitative estimate of drug-likeness (QED) is 0.453. The molecule has 0 atom stereocenters. The van der Waals surface area contributed by atoms with Crippen molar-refractivity contribution >= 4 is 27.7 Å². The second-order valence-corrected chi connectivity index (χ2v) is 9.25. The van der Waals surface area contributed by atoms with E-state index >= 15 is 0 Å². The fourth-order valence-corrected chi connectivity index (χ4v) is 5.25. The Morgan fingerprint density at radius 2 is 1.97 bits per heavy atom. The Hall–Kier alpha value is -3.41. The van der Waals surface area contributed by atoms with Crippen molar-refractivity contribution in [3.05, 3.63) is 24.5 Å². The lowest BCUT2D eigenvalue weighted by Crippen LogP contribution is -2.77. The van der Waals surface area contributed by atoms with Crippen molar-refractivity contribution in [1.29, 1.82) is 0 Å². The van der Waals surface area contributed by atoms with E-state index in [9.17, 15) is 9.18 Å². The van der Waals surface area contributed by atoms with E-state index in [0.717, 1.165) is 0 Å². The van der Waals surface area contributed by atoms with Gasteiger partial charge in [-0.3, -0.25) is 4.79 Å². The molecule has 4 aromatic rings. The third-order valence-electron chi connectivity index (χ3n) is 5.94. The van der Waals surface area contributed by atoms with E-state index in [1.807, 2.05) is 6.07 Å². The highest BCUT2D eigenvalue weighted by Crippen LogP contribution is 2.62. The van der Waals surface area contributed by atoms with Gasteiger partial charge >= 0.3 is 0 Å². The molecule has 1 amide bonds. The third kappa shape index (κ3) is 2.97. The molecule has 0 aliphatic heterocycles. The topological polar surface area (TPSA) is 104 Å². The minimum Gasteiger partial charge on any atom is -0.495 e. The van der Waals surface area contributed by atoms with Crippen LogP contribution in [-0.4, -0.2) is 62.2 Å². The number of imidazole rings is 1. The molecule has 3 aliphatic carbocycles. The van der Waals surface area contributed by atoms with Gasteiger partial charge in [0.2, 0.25) is 4.96 Å². The molecule has 7 rings (SSSR count). The van der Waals surface area contributed by atoms with Gasteiger partial charge in [-0.1, -0.05) is 0 Å². The maximum absolute atomic E-state index is 13.7. The number of amides is 1. The predicted molar refractivity (Wildman–Crippen MR) is 112 cm³/mol. The molecule has 0 saturated heterocycles. The van der Waals surface area contributed by atoms with Gasteiger partial charge in [0.15, 0.2) is 6.61 Å². The first-order valence-electron chi connectivity index (χ1n) is 9.98. The van der Waals surface area contributed by atoms with Crippen LogP contribution in [0.15, 0.2) is 24.5 Å². The summed E-state index contributed by atoms with van der Waals surface area (Å²) in [6.07, 6.45) is 4.66. The Labute approximate surface area is 184 Å². The van der Waals surface area contributed by atoms with E-state index in [-0.39, 0.29) is 18.1 Å². The Morgan fingerprint density at radius 3 is 2.66 bits per heavy atom. The number of carbonyl (C=O) groups excluding carboxylic acids is 1. The third-order valence-corrected chi connectivity index (χ3v) is 6.82. The Morgan fingerprint density at radius 1 is 1.16 bits per heavy atom. The normalized spacial score (nSPS) is 23.6. The van der Waals surface area contributed by atoms with Gasteiger partial charge in [-0.05, 0) is 17.4 Å². The monoisotopic (exact) mass is 458 g/mol. The molecule has 0 spiro atoms. The number of fused-ring (bicyclic) bond motifs is 2. The van der Waals surface area contributed by atoms with Crippen molar-refractivity contribution in [2.45, 2.75) is 30.5 Å². The lowest BCUT2D eigenvalue weighted by atomic mass is 9.47. The van der Waals surface area contributed by atoms with Gasteiger partial charge in [-0.25, -0.2) is 18.4 Å². The van der Waals surface area contributed by atoms with Crippen molar-refractivity contribution in [2.75, 3.05) is 20.8 Å². The number of halogens is 1. The molecule has 4 aromatic heterocycles. The standard InChI is InChI=1S/C20H19FN6O4S/c1-29-11-3-15(31-7-16(28)23-20-8-19(21,9-20)10-20)14-4-12(24-26(14)5-11)13-6-27-17(22-13)32-18(25-27)30-2/h3-6H,7-10H2,1-2H3,(H,23,28). The summed E-state index contributed by atoms with van der Waals surface area (Å²) in [5.74, 6) is 0.694. The second-order valence-electron chi connectivity index (χ2n) is 8.33. The molecular weight excluding hydrogens is 439 g/mol. The Balaban J connectivity index is 1.25. The van der Waals surface area contributed by atoms with Crippen LogP contribution < -0.4 is 19.5 Å². The molecule has 1 N–H and O–H groups in total. The molecule has 0 aromatic carbocycles. The van der Waals surface area contributed by atoms with Gasteiger partial charge in [0.05, 0.1) is 26.6 Å². The zero-order valence-corrected chi connectivity index (χ0v) is 18.1. The van der Waals surface area contributed by atoms with E-state index in [4.69, 9.17) is 14.2 Å². The summed E-state index contributed by atoms with van der Waals surface area (Å²) in [5, 5.41) is 12.3. The van der Waals surface area contributed by atoms with E-state index in [0.29, 0.717) is 57.8 Å². The number of carbonyl (C=O) groups is 1. The van der Waals surface area contributed by atoms with Gasteiger partial charge in [0.1, 0.15) is 34.1 Å². The van der Waals surface area contributed by atoms with Crippen molar-refractivity contribution in [3.63, 3.8) is 0 Å². The molecule has 3 saturated carbocycles. The zero-order chi connectivity index (χ0) is 22.1. The predicted octanol–water partition coefficient (Wildman–Crippen LogP) is 2.26. The van der Waals surface area contributed by atoms with Crippen LogP contribution in [0.4, 0.5) is 4.39 Å². The molecule has 10 nitrogen and oxygen atoms in total. The number of aromatic nitrogens is 5. The maximum Gasteiger partial charge on any atom is 0.294 e. The van der Waals surface area contributed by atoms with E-state index in [1.54, 1.807) is 41.7 Å². The van der Waals surface area contributed by atoms with Crippen molar-refractivity contribution in [3.8, 4) is 28.1 Å². The summed E-state index contributed by atoms with van der Waals surface area (Å²) >= 11 is 1.33. The number of nitrogens with zero attached hydrogens (tertiary/aromatic N) is 5. The van der Waals surface area contributed by atoms with Crippen molar-refractivity contribution in [2.24, 2.45) is 0 Å². The Kier molecular flexibility index (Phi) is 3.95. The highest BCUT2D eigenvalue weighted by molar-refractivity contribution is 7.18. The first-order chi connectivity index (χ1) is 15.4. The minimum absolute atomic E-state index is 0.186. The molecule has 166 valence electrons. The number of nitrogens with one attached hydrogen (secondary N) is 1. The summed E-state index contributed by atoms with van der Waals surface area (Å²) < 4.78 is 33.2. The lowest BCUT2D eigenvalue weighted by Gasteiger charge is -2.65. The molecule has 0 unspecified atom stereocenters. The van der Waals surface area contributed by atoms with Gasteiger partial charge in [0, 0.05) is 30.9 Å². The van der Waals surface area contributed by atoms with E-state index in [1.165, 1.54) is 11.3 Å². The molecule has 0 radical (unpaired) electrons. The van der Waals surface area contributed by atoms with Gasteiger partial charge in [-0.2, -0.15) is 5.10 Å². The largest absolute Gasteiger partial charge is 0.495 e. The van der Waals surface area contributed by atoms with Crippen LogP contribution in [0, 0.1) is 0 Å². The van der Waals surface area contributed by atoms with Crippen LogP contribution in [0.25, 0.3) is 21.9 Å². The number of ether oxygens (including phenoxy) is 3. The number of alkyl halides is 1. The van der Waals surface area contributed by atoms with Crippen molar-refractivity contribution in [1.82, 2.24) is 29.5 Å². The summed E-state index contributed by atoms with van der Waals surface area (Å²) in [4.78, 5) is 17.6. The fraction of sp³-hybridized carbons (Fsp3) is 0.400. The van der Waals surface area contributed by atoms with Crippen LogP contribution in [0.1, 0.15) is 19.3 Å². The molecule has 32 heavy (non-hydrogen) atoms. The molecule has 3 fully saturated rings. The number of pyridine rings is 1. The smallest absolute Gasteiger partial charge is 0.294 e. The minimum atomic E-state index is -1.07. The van der Waals surface area contributed by atoms with Crippen LogP contribution >= 0.6 is 11.3 Å². The highest BCUT2D eigenvalue weighted by Gasteiger charge is 2.69. The molecule has 3 aliphatic rings. The summed E-state index contributed by atoms with van der Waals surface area (Å²) in [6.45, 7) is -0.186. The van der Waals surface area contributed by atoms with Gasteiger partial charge < -0.3 is 19.5 Å². The average Bonchev–Trinajstić information content (AvgIpc) is 3.41. The van der Waals surface area contributed by atoms with Crippen LogP contribution in [0.3, 0.4) is 0 Å². The van der Waals surface area contributed by atoms with Gasteiger partial charge in [-0.15, -0.1) is 5.10 Å². The molecule has 2 bridgehead atoms. The van der Waals surface area contributed by atoms with Crippen molar-refractivity contribution < 1.29 is 23.4 Å².